The molecule has 7 nitrogen and oxygen atoms in total. The van der Waals surface area contributed by atoms with Crippen molar-refractivity contribution in [1.82, 2.24) is 24.5 Å². The minimum atomic E-state index is 0.0795. The van der Waals surface area contributed by atoms with Gasteiger partial charge in [-0.2, -0.15) is 9.97 Å². The van der Waals surface area contributed by atoms with E-state index in [2.05, 4.69) is 26.5 Å². The van der Waals surface area contributed by atoms with Gasteiger partial charge in [-0.1, -0.05) is 12.7 Å². The molecule has 0 aromatic carbocycles. The molecular weight excluding hydrogens is 304 g/mol. The molecule has 0 fully saturated rings. The van der Waals surface area contributed by atoms with Crippen LogP contribution in [0.3, 0.4) is 0 Å². The fourth-order valence-corrected chi connectivity index (χ4v) is 2.21. The highest BCUT2D eigenvalue weighted by molar-refractivity contribution is 6.28. The summed E-state index contributed by atoms with van der Waals surface area (Å²) in [6.07, 6.45) is 5.00. The van der Waals surface area contributed by atoms with E-state index < -0.39 is 0 Å². The number of hydrogen-bond donors (Lipinski definition) is 1. The lowest BCUT2D eigenvalue weighted by Crippen LogP contribution is -2.06. The lowest BCUT2D eigenvalue weighted by molar-refractivity contribution is 0.356. The normalized spacial score (nSPS) is 10.8. The van der Waals surface area contributed by atoms with Crippen molar-refractivity contribution in [3.63, 3.8) is 0 Å². The molecule has 0 saturated carbocycles. The Morgan fingerprint density at radius 1 is 1.36 bits per heavy atom. The molecule has 0 aliphatic heterocycles. The van der Waals surface area contributed by atoms with E-state index in [9.17, 15) is 0 Å². The molecule has 3 heterocycles. The number of fused-ring (bicyclic) bond motifs is 1. The molecule has 0 unspecified atom stereocenters. The van der Waals surface area contributed by atoms with E-state index in [4.69, 9.17) is 22.1 Å². The standard InChI is InChI=1S/C14H13ClN6O/c1-2-6-22-10-4-3-5-17-9(10)7-21-8-18-11-12(16)19-14(15)20-13(11)21/h2-5,8H,1,6-7H2,(H2,16,19,20). The fourth-order valence-electron chi connectivity index (χ4n) is 2.04. The van der Waals surface area contributed by atoms with Crippen molar-refractivity contribution in [2.75, 3.05) is 12.3 Å². The van der Waals surface area contributed by atoms with E-state index in [0.717, 1.165) is 5.69 Å². The van der Waals surface area contributed by atoms with E-state index in [1.54, 1.807) is 23.2 Å². The van der Waals surface area contributed by atoms with Crippen molar-refractivity contribution < 1.29 is 4.74 Å². The van der Waals surface area contributed by atoms with Gasteiger partial charge in [0.25, 0.3) is 0 Å². The molecule has 0 aliphatic rings. The Balaban J connectivity index is 1.99. The largest absolute Gasteiger partial charge is 0.488 e. The van der Waals surface area contributed by atoms with Crippen LogP contribution in [0, 0.1) is 0 Å². The zero-order valence-electron chi connectivity index (χ0n) is 11.6. The zero-order valence-corrected chi connectivity index (χ0v) is 12.4. The summed E-state index contributed by atoms with van der Waals surface area (Å²) in [7, 11) is 0. The van der Waals surface area contributed by atoms with Crippen LogP contribution in [-0.4, -0.2) is 31.1 Å². The fraction of sp³-hybridized carbons (Fsp3) is 0.143. The summed E-state index contributed by atoms with van der Waals surface area (Å²) < 4.78 is 7.39. The van der Waals surface area contributed by atoms with Crippen LogP contribution in [0.15, 0.2) is 37.3 Å². The Morgan fingerprint density at radius 2 is 2.23 bits per heavy atom. The Morgan fingerprint density at radius 3 is 3.05 bits per heavy atom. The van der Waals surface area contributed by atoms with Crippen molar-refractivity contribution in [3.8, 4) is 5.75 Å². The molecule has 0 spiro atoms. The third-order valence-corrected chi connectivity index (χ3v) is 3.16. The number of imidazole rings is 1. The van der Waals surface area contributed by atoms with Crippen LogP contribution in [0.5, 0.6) is 5.75 Å². The molecule has 3 aromatic rings. The second-order valence-electron chi connectivity index (χ2n) is 4.47. The summed E-state index contributed by atoms with van der Waals surface area (Å²) >= 11 is 5.86. The quantitative estimate of drug-likeness (QED) is 0.572. The maximum absolute atomic E-state index is 5.86. The van der Waals surface area contributed by atoms with Gasteiger partial charge in [-0.05, 0) is 23.7 Å². The van der Waals surface area contributed by atoms with Gasteiger partial charge in [-0.3, -0.25) is 4.98 Å². The average molecular weight is 317 g/mol. The van der Waals surface area contributed by atoms with E-state index in [0.29, 0.717) is 30.1 Å². The Bertz CT molecular complexity index is 831. The van der Waals surface area contributed by atoms with Crippen LogP contribution in [0.1, 0.15) is 5.69 Å². The molecule has 0 aliphatic carbocycles. The van der Waals surface area contributed by atoms with Crippen molar-refractivity contribution in [2.45, 2.75) is 6.54 Å². The van der Waals surface area contributed by atoms with E-state index in [-0.39, 0.29) is 11.1 Å². The van der Waals surface area contributed by atoms with E-state index >= 15 is 0 Å². The number of nitrogen functional groups attached to an aromatic ring is 1. The molecule has 3 rings (SSSR count). The Hall–Kier alpha value is -2.67. The molecular formula is C14H13ClN6O. The SMILES string of the molecule is C=CCOc1cccnc1Cn1cnc2c(N)nc(Cl)nc21. The van der Waals surface area contributed by atoms with Gasteiger partial charge >= 0.3 is 0 Å². The van der Waals surface area contributed by atoms with Gasteiger partial charge in [0.1, 0.15) is 23.6 Å². The van der Waals surface area contributed by atoms with Crippen molar-refractivity contribution in [1.29, 1.82) is 0 Å². The summed E-state index contributed by atoms with van der Waals surface area (Å²) in [4.78, 5) is 16.6. The number of pyridine rings is 1. The Labute approximate surface area is 131 Å². The summed E-state index contributed by atoms with van der Waals surface area (Å²) in [5, 5.41) is 0.0795. The first-order chi connectivity index (χ1) is 10.7. The summed E-state index contributed by atoms with van der Waals surface area (Å²) in [5.74, 6) is 0.926. The maximum Gasteiger partial charge on any atom is 0.226 e. The lowest BCUT2D eigenvalue weighted by atomic mass is 10.3. The molecule has 22 heavy (non-hydrogen) atoms. The number of aromatic nitrogens is 5. The summed E-state index contributed by atoms with van der Waals surface area (Å²) in [6, 6.07) is 3.66. The number of halogens is 1. The van der Waals surface area contributed by atoms with E-state index in [1.807, 2.05) is 12.1 Å². The first-order valence-corrected chi connectivity index (χ1v) is 6.88. The highest BCUT2D eigenvalue weighted by Crippen LogP contribution is 2.21. The molecule has 112 valence electrons. The van der Waals surface area contributed by atoms with E-state index in [1.165, 1.54) is 0 Å². The van der Waals surface area contributed by atoms with Gasteiger partial charge in [0.15, 0.2) is 11.5 Å². The van der Waals surface area contributed by atoms with Crippen LogP contribution in [0.2, 0.25) is 5.28 Å². The second-order valence-corrected chi connectivity index (χ2v) is 4.81. The molecule has 8 heteroatoms. The van der Waals surface area contributed by atoms with Crippen LogP contribution < -0.4 is 10.5 Å². The minimum Gasteiger partial charge on any atom is -0.488 e. The van der Waals surface area contributed by atoms with Crippen molar-refractivity contribution in [3.05, 3.63) is 48.3 Å². The first kappa shape index (κ1) is 14.3. The summed E-state index contributed by atoms with van der Waals surface area (Å²) in [5.41, 5.74) is 7.61. The summed E-state index contributed by atoms with van der Waals surface area (Å²) in [6.45, 7) is 4.47. The van der Waals surface area contributed by atoms with Gasteiger partial charge in [0.05, 0.1) is 12.9 Å². The molecule has 3 aromatic heterocycles. The van der Waals surface area contributed by atoms with Gasteiger partial charge in [0, 0.05) is 6.20 Å². The number of hydrogen-bond acceptors (Lipinski definition) is 6. The van der Waals surface area contributed by atoms with Crippen LogP contribution >= 0.6 is 11.6 Å². The number of nitrogens with zero attached hydrogens (tertiary/aromatic N) is 5. The monoisotopic (exact) mass is 316 g/mol. The van der Waals surface area contributed by atoms with Gasteiger partial charge < -0.3 is 15.0 Å². The van der Waals surface area contributed by atoms with Crippen molar-refractivity contribution >= 4 is 28.6 Å². The molecule has 0 bridgehead atoms. The second kappa shape index (κ2) is 5.98. The Kier molecular flexibility index (Phi) is 3.88. The minimum absolute atomic E-state index is 0.0795. The van der Waals surface area contributed by atoms with Gasteiger partial charge in [-0.15, -0.1) is 0 Å². The smallest absolute Gasteiger partial charge is 0.226 e. The average Bonchev–Trinajstić information content (AvgIpc) is 2.90. The molecule has 0 atom stereocenters. The highest BCUT2D eigenvalue weighted by Gasteiger charge is 2.13. The van der Waals surface area contributed by atoms with Crippen LogP contribution in [0.4, 0.5) is 5.82 Å². The number of anilines is 1. The predicted molar refractivity (Wildman–Crippen MR) is 83.8 cm³/mol. The molecule has 0 saturated heterocycles. The van der Waals surface area contributed by atoms with Crippen LogP contribution in [0.25, 0.3) is 11.2 Å². The first-order valence-electron chi connectivity index (χ1n) is 6.50. The third kappa shape index (κ3) is 2.71. The predicted octanol–water partition coefficient (Wildman–Crippen LogP) is 2.07. The number of rotatable bonds is 5. The van der Waals surface area contributed by atoms with Gasteiger partial charge in [-0.25, -0.2) is 4.98 Å². The van der Waals surface area contributed by atoms with Crippen molar-refractivity contribution in [2.24, 2.45) is 0 Å². The number of nitrogens with two attached hydrogens (primary N) is 1. The lowest BCUT2D eigenvalue weighted by Gasteiger charge is -2.10. The molecule has 0 amide bonds. The third-order valence-electron chi connectivity index (χ3n) is 2.99. The molecule has 0 radical (unpaired) electrons. The topological polar surface area (TPSA) is 91.7 Å². The molecule has 2 N–H and O–H groups in total. The number of ether oxygens (including phenoxy) is 1. The maximum atomic E-state index is 5.86. The highest BCUT2D eigenvalue weighted by atomic mass is 35.5. The zero-order chi connectivity index (χ0) is 15.5. The van der Waals surface area contributed by atoms with Gasteiger partial charge in [0.2, 0.25) is 5.28 Å². The van der Waals surface area contributed by atoms with Crippen LogP contribution in [-0.2, 0) is 6.54 Å².